The molecule has 2 aromatic carbocycles. The molecule has 5 unspecified atom stereocenters. The smallest absolute Gasteiger partial charge is 0.246 e. The van der Waals surface area contributed by atoms with Gasteiger partial charge in [0.05, 0.1) is 49.1 Å². The molecule has 2 saturated heterocycles. The highest BCUT2D eigenvalue weighted by Gasteiger charge is 2.40. The van der Waals surface area contributed by atoms with Crippen LogP contribution in [-0.4, -0.2) is 125 Å². The SMILES string of the molecule is CCC(NC(=O)CNC)C(=O)N1CNCC1Cn1c(-c2[nH]c3cc(F)ccc3c2CC2CC(F)CN2C(=O)C(CC)NC(=O)CNC)nc2cc(F)ccc21. The van der Waals surface area contributed by atoms with Gasteiger partial charge in [-0.1, -0.05) is 13.8 Å². The minimum Gasteiger partial charge on any atom is -0.352 e. The molecule has 0 radical (unpaired) electrons. The summed E-state index contributed by atoms with van der Waals surface area (Å²) in [5.74, 6) is -1.88. The summed E-state index contributed by atoms with van der Waals surface area (Å²) in [6.07, 6.45) is -0.385. The average Bonchev–Trinajstić information content (AvgIpc) is 3.94. The molecule has 55 heavy (non-hydrogen) atoms. The highest BCUT2D eigenvalue weighted by Crippen LogP contribution is 2.36. The van der Waals surface area contributed by atoms with Crippen LogP contribution in [0.15, 0.2) is 36.4 Å². The predicted octanol–water partition coefficient (Wildman–Crippen LogP) is 1.93. The third-order valence-electron chi connectivity index (χ3n) is 10.4. The van der Waals surface area contributed by atoms with Crippen molar-refractivity contribution in [3.63, 3.8) is 0 Å². The summed E-state index contributed by atoms with van der Waals surface area (Å²) in [5, 5.41) is 15.0. The van der Waals surface area contributed by atoms with Crippen LogP contribution >= 0.6 is 0 Å². The Labute approximate surface area is 316 Å². The van der Waals surface area contributed by atoms with Crippen molar-refractivity contribution in [3.8, 4) is 11.5 Å². The normalized spacial score (nSPS) is 19.7. The predicted molar refractivity (Wildman–Crippen MR) is 201 cm³/mol. The van der Waals surface area contributed by atoms with Crippen molar-refractivity contribution in [2.24, 2.45) is 0 Å². The molecule has 14 nitrogen and oxygen atoms in total. The number of carbonyl (C=O) groups excluding carboxylic acids is 4. The molecule has 296 valence electrons. The standard InChI is InChI=1S/C38H49F3N10O4/c1-5-28(45-33(52)16-42-3)37(54)49-18-23(41)11-24(49)14-27-26-9-7-21(39)12-30(26)47-35(27)36-48-31-13-22(40)8-10-32(31)50(36)19-25-15-44-20-51(25)38(55)29(6-2)46-34(53)17-43-4/h7-10,12-13,23-25,28-29,42-44,47H,5-6,11,14-20H2,1-4H3,(H,45,52)(H,46,53). The summed E-state index contributed by atoms with van der Waals surface area (Å²) in [4.78, 5) is 63.9. The van der Waals surface area contributed by atoms with Crippen molar-refractivity contribution in [3.05, 3.63) is 53.6 Å². The van der Waals surface area contributed by atoms with Crippen LogP contribution in [-0.2, 0) is 32.1 Å². The first-order chi connectivity index (χ1) is 26.5. The van der Waals surface area contributed by atoms with E-state index in [1.165, 1.54) is 29.2 Å². The summed E-state index contributed by atoms with van der Waals surface area (Å²) >= 11 is 0. The molecule has 5 atom stereocenters. The highest BCUT2D eigenvalue weighted by molar-refractivity contribution is 5.93. The minimum atomic E-state index is -1.30. The minimum absolute atomic E-state index is 0.0222. The van der Waals surface area contributed by atoms with E-state index in [0.717, 1.165) is 0 Å². The fourth-order valence-corrected chi connectivity index (χ4v) is 7.78. The maximum atomic E-state index is 15.3. The van der Waals surface area contributed by atoms with E-state index in [4.69, 9.17) is 4.98 Å². The third kappa shape index (κ3) is 8.48. The van der Waals surface area contributed by atoms with Gasteiger partial charge in [0, 0.05) is 42.5 Å². The van der Waals surface area contributed by atoms with E-state index in [1.807, 2.05) is 11.5 Å². The van der Waals surface area contributed by atoms with Crippen LogP contribution in [0.1, 0.15) is 38.7 Å². The number of H-pyrrole nitrogens is 1. The van der Waals surface area contributed by atoms with Crippen LogP contribution in [0.4, 0.5) is 13.2 Å². The second-order valence-corrected chi connectivity index (χ2v) is 14.2. The Bertz CT molecular complexity index is 2050. The molecule has 4 heterocycles. The molecule has 2 aliphatic rings. The molecule has 2 fully saturated rings. The van der Waals surface area contributed by atoms with Gasteiger partial charge in [0.15, 0.2) is 5.82 Å². The molecule has 6 rings (SSSR count). The molecule has 2 aliphatic heterocycles. The van der Waals surface area contributed by atoms with Crippen molar-refractivity contribution < 1.29 is 32.3 Å². The Hall–Kier alpha value is -5.00. The van der Waals surface area contributed by atoms with Gasteiger partial charge < -0.3 is 40.6 Å². The van der Waals surface area contributed by atoms with E-state index in [-0.39, 0.29) is 63.4 Å². The van der Waals surface area contributed by atoms with E-state index in [9.17, 15) is 28.0 Å². The first kappa shape index (κ1) is 39.7. The maximum Gasteiger partial charge on any atom is 0.246 e. The van der Waals surface area contributed by atoms with Gasteiger partial charge >= 0.3 is 0 Å². The fraction of sp³-hybridized carbons (Fsp3) is 0.500. The number of hydrogen-bond acceptors (Lipinski definition) is 8. The van der Waals surface area contributed by atoms with Crippen LogP contribution in [0.5, 0.6) is 0 Å². The number of likely N-dealkylation sites (tertiary alicyclic amines) is 1. The van der Waals surface area contributed by atoms with Crippen molar-refractivity contribution in [2.75, 3.05) is 46.9 Å². The zero-order chi connectivity index (χ0) is 39.4. The quantitative estimate of drug-likeness (QED) is 0.107. The van der Waals surface area contributed by atoms with Gasteiger partial charge in [-0.3, -0.25) is 24.5 Å². The molecule has 0 aliphatic carbocycles. The van der Waals surface area contributed by atoms with Gasteiger partial charge in [0.1, 0.15) is 29.9 Å². The molecule has 4 amide bonds. The van der Waals surface area contributed by atoms with Gasteiger partial charge in [-0.15, -0.1) is 0 Å². The van der Waals surface area contributed by atoms with Crippen molar-refractivity contribution in [1.82, 2.24) is 50.9 Å². The Morgan fingerprint density at radius 2 is 1.53 bits per heavy atom. The lowest BCUT2D eigenvalue weighted by Crippen LogP contribution is -2.52. The van der Waals surface area contributed by atoms with Crippen molar-refractivity contribution in [1.29, 1.82) is 0 Å². The first-order valence-electron chi connectivity index (χ1n) is 18.8. The van der Waals surface area contributed by atoms with Gasteiger partial charge in [-0.25, -0.2) is 18.2 Å². The zero-order valence-electron chi connectivity index (χ0n) is 31.5. The molecular weight excluding hydrogens is 717 g/mol. The Kier molecular flexibility index (Phi) is 12.4. The number of aromatic nitrogens is 3. The lowest BCUT2D eigenvalue weighted by molar-refractivity contribution is -0.137. The topological polar surface area (TPSA) is 169 Å². The molecule has 0 spiro atoms. The first-order valence-corrected chi connectivity index (χ1v) is 18.8. The van der Waals surface area contributed by atoms with E-state index < -0.39 is 47.9 Å². The molecule has 2 aromatic heterocycles. The summed E-state index contributed by atoms with van der Waals surface area (Å²) in [7, 11) is 3.27. The number of rotatable bonds is 15. The lowest BCUT2D eigenvalue weighted by Gasteiger charge is -2.29. The van der Waals surface area contributed by atoms with Gasteiger partial charge in [0.25, 0.3) is 0 Å². The third-order valence-corrected chi connectivity index (χ3v) is 10.4. The molecular formula is C38H49F3N10O4. The second-order valence-electron chi connectivity index (χ2n) is 14.2. The monoisotopic (exact) mass is 766 g/mol. The van der Waals surface area contributed by atoms with Gasteiger partial charge in [-0.2, -0.15) is 0 Å². The number of halogens is 3. The molecule has 17 heteroatoms. The summed E-state index contributed by atoms with van der Waals surface area (Å²) in [5.41, 5.74) is 2.54. The summed E-state index contributed by atoms with van der Waals surface area (Å²) in [6, 6.07) is 5.97. The number of benzene rings is 2. The number of nitrogens with one attached hydrogen (secondary N) is 6. The van der Waals surface area contributed by atoms with Gasteiger partial charge in [0.2, 0.25) is 23.6 Å². The van der Waals surface area contributed by atoms with Crippen LogP contribution in [0.25, 0.3) is 33.5 Å². The molecule has 6 N–H and O–H groups in total. The molecule has 4 aromatic rings. The van der Waals surface area contributed by atoms with Crippen LogP contribution in [0, 0.1) is 11.6 Å². The molecule has 0 saturated carbocycles. The number of alkyl halides is 1. The number of amides is 4. The number of fused-ring (bicyclic) bond motifs is 2. The summed E-state index contributed by atoms with van der Waals surface area (Å²) < 4.78 is 46.5. The highest BCUT2D eigenvalue weighted by atomic mass is 19.1. The van der Waals surface area contributed by atoms with Crippen molar-refractivity contribution >= 4 is 45.6 Å². The van der Waals surface area contributed by atoms with Crippen LogP contribution in [0.3, 0.4) is 0 Å². The Balaban J connectivity index is 1.39. The average molecular weight is 767 g/mol. The van der Waals surface area contributed by atoms with E-state index in [2.05, 4.69) is 31.6 Å². The van der Waals surface area contributed by atoms with E-state index >= 15 is 4.39 Å². The van der Waals surface area contributed by atoms with E-state index in [0.29, 0.717) is 58.4 Å². The van der Waals surface area contributed by atoms with Crippen LogP contribution in [0.2, 0.25) is 0 Å². The van der Waals surface area contributed by atoms with E-state index in [1.54, 1.807) is 38.1 Å². The number of likely N-dealkylation sites (N-methyl/N-ethyl adjacent to an activating group) is 2. The Morgan fingerprint density at radius 3 is 2.18 bits per heavy atom. The number of carbonyl (C=O) groups is 4. The summed E-state index contributed by atoms with van der Waals surface area (Å²) in [6.45, 7) is 4.45. The molecule has 0 bridgehead atoms. The number of hydrogen-bond donors (Lipinski definition) is 6. The Morgan fingerprint density at radius 1 is 0.891 bits per heavy atom. The van der Waals surface area contributed by atoms with Gasteiger partial charge in [-0.05, 0) is 69.3 Å². The maximum absolute atomic E-state index is 15.3. The largest absolute Gasteiger partial charge is 0.352 e. The second kappa shape index (κ2) is 17.2. The van der Waals surface area contributed by atoms with Crippen molar-refractivity contribution in [2.45, 2.75) is 76.4 Å². The lowest BCUT2D eigenvalue weighted by atomic mass is 9.99. The number of imidazole rings is 1. The zero-order valence-corrected chi connectivity index (χ0v) is 31.5. The van der Waals surface area contributed by atoms with Crippen LogP contribution < -0.4 is 26.6 Å². The number of nitrogens with zero attached hydrogens (tertiary/aromatic N) is 4. The fourth-order valence-electron chi connectivity index (χ4n) is 7.78. The number of aromatic amines is 1.